The highest BCUT2D eigenvalue weighted by Crippen LogP contribution is 2.45. The average molecular weight is 525 g/mol. The minimum Gasteiger partial charge on any atom is -0.456 e. The minimum absolute atomic E-state index is 0.211. The largest absolute Gasteiger partial charge is 0.456 e. The third kappa shape index (κ3) is 4.14. The lowest BCUT2D eigenvalue weighted by atomic mass is 10.1. The zero-order valence-electron chi connectivity index (χ0n) is 19.9. The molecule has 0 spiro atoms. The van der Waals surface area contributed by atoms with Crippen LogP contribution < -0.4 is 20.3 Å². The van der Waals surface area contributed by atoms with Gasteiger partial charge in [-0.05, 0) is 42.5 Å². The first-order chi connectivity index (χ1) is 18.5. The Morgan fingerprint density at radius 1 is 1.11 bits per heavy atom. The van der Waals surface area contributed by atoms with Crippen molar-refractivity contribution in [2.24, 2.45) is 0 Å². The van der Waals surface area contributed by atoms with Crippen LogP contribution in [-0.2, 0) is 4.79 Å². The Morgan fingerprint density at radius 3 is 2.71 bits per heavy atom. The number of anilines is 3. The third-order valence-corrected chi connectivity index (χ3v) is 7.16. The first-order valence-electron chi connectivity index (χ1n) is 11.6. The van der Waals surface area contributed by atoms with Crippen LogP contribution in [0, 0.1) is 0 Å². The highest BCUT2D eigenvalue weighted by Gasteiger charge is 2.33. The number of aromatic nitrogens is 2. The molecule has 1 aromatic carbocycles. The molecule has 10 nitrogen and oxygen atoms in total. The lowest BCUT2D eigenvalue weighted by Crippen LogP contribution is -2.35. The molecule has 0 saturated heterocycles. The van der Waals surface area contributed by atoms with Crippen molar-refractivity contribution in [2.75, 3.05) is 23.3 Å². The van der Waals surface area contributed by atoms with Crippen LogP contribution in [-0.4, -0.2) is 45.8 Å². The van der Waals surface area contributed by atoms with Gasteiger partial charge in [0.15, 0.2) is 0 Å². The van der Waals surface area contributed by atoms with Crippen LogP contribution in [0.3, 0.4) is 0 Å². The van der Waals surface area contributed by atoms with E-state index >= 15 is 0 Å². The second-order valence-electron chi connectivity index (χ2n) is 8.46. The third-order valence-electron chi connectivity index (χ3n) is 6.06. The molecule has 38 heavy (non-hydrogen) atoms. The summed E-state index contributed by atoms with van der Waals surface area (Å²) < 4.78 is 5.81. The second kappa shape index (κ2) is 9.45. The molecule has 11 heteroatoms. The molecule has 0 saturated carbocycles. The Morgan fingerprint density at radius 2 is 1.95 bits per heavy atom. The van der Waals surface area contributed by atoms with Gasteiger partial charge in [-0.15, -0.1) is 11.3 Å². The summed E-state index contributed by atoms with van der Waals surface area (Å²) in [6.07, 6.45) is 6.16. The second-order valence-corrected chi connectivity index (χ2v) is 9.45. The molecule has 4 aromatic rings. The van der Waals surface area contributed by atoms with Gasteiger partial charge in [-0.2, -0.15) is 0 Å². The molecule has 4 amide bonds. The molecule has 0 bridgehead atoms. The predicted molar refractivity (Wildman–Crippen MR) is 144 cm³/mol. The first kappa shape index (κ1) is 23.4. The Hall–Kier alpha value is -5.03. The van der Waals surface area contributed by atoms with Crippen molar-refractivity contribution in [3.05, 3.63) is 90.2 Å². The Labute approximate surface area is 220 Å². The number of carbonyl (C=O) groups is 3. The summed E-state index contributed by atoms with van der Waals surface area (Å²) in [6, 6.07) is 14.0. The molecule has 5 heterocycles. The van der Waals surface area contributed by atoms with Crippen LogP contribution in [0.4, 0.5) is 22.0 Å². The van der Waals surface area contributed by atoms with Gasteiger partial charge in [0.05, 0.1) is 29.5 Å². The topological polar surface area (TPSA) is 117 Å². The van der Waals surface area contributed by atoms with E-state index in [0.29, 0.717) is 56.0 Å². The van der Waals surface area contributed by atoms with Crippen LogP contribution in [0.2, 0.25) is 0 Å². The van der Waals surface area contributed by atoms with E-state index in [1.165, 1.54) is 22.3 Å². The number of hydrogen-bond acceptors (Lipinski definition) is 7. The molecule has 0 radical (unpaired) electrons. The number of urea groups is 1. The van der Waals surface area contributed by atoms with E-state index in [-0.39, 0.29) is 18.4 Å². The fourth-order valence-corrected chi connectivity index (χ4v) is 5.32. The Balaban J connectivity index is 1.28. The monoisotopic (exact) mass is 524 g/mol. The van der Waals surface area contributed by atoms with Crippen molar-refractivity contribution in [2.45, 2.75) is 0 Å². The normalized spacial score (nSPS) is 14.2. The van der Waals surface area contributed by atoms with Gasteiger partial charge in [-0.1, -0.05) is 24.8 Å². The number of nitrogens with zero attached hydrogens (tertiary/aromatic N) is 4. The molecule has 3 aromatic heterocycles. The molecular weight excluding hydrogens is 504 g/mol. The van der Waals surface area contributed by atoms with Gasteiger partial charge in [0.1, 0.15) is 27.0 Å². The standard InChI is InChI=1S/C27H20N6O4S/c1-2-21(34)32-13-11-16(15-32)30-25(35)24-23-22-19(10-12-28-26(22)38-24)33(27(36)31-23)20-9-8-18(14-29-20)37-17-6-4-3-5-7-17/h2-12,14H,1,13,15H2,(H,30,35)(H,31,36). The van der Waals surface area contributed by atoms with Crippen LogP contribution in [0.25, 0.3) is 10.2 Å². The van der Waals surface area contributed by atoms with Crippen molar-refractivity contribution in [3.63, 3.8) is 0 Å². The molecule has 0 fully saturated rings. The lowest BCUT2D eigenvalue weighted by molar-refractivity contribution is -0.124. The maximum Gasteiger partial charge on any atom is 0.332 e. The number of ether oxygens (including phenoxy) is 1. The van der Waals surface area contributed by atoms with Crippen molar-refractivity contribution < 1.29 is 19.1 Å². The summed E-state index contributed by atoms with van der Waals surface area (Å²) in [6.45, 7) is 4.16. The minimum atomic E-state index is -0.454. The zero-order chi connectivity index (χ0) is 26.2. The van der Waals surface area contributed by atoms with E-state index in [1.807, 2.05) is 30.3 Å². The fraction of sp³-hybridized carbons (Fsp3) is 0.0741. The Kier molecular flexibility index (Phi) is 5.81. The molecule has 2 aliphatic heterocycles. The molecule has 0 aliphatic carbocycles. The summed E-state index contributed by atoms with van der Waals surface area (Å²) in [5.74, 6) is 0.998. The first-order valence-corrected chi connectivity index (χ1v) is 12.5. The van der Waals surface area contributed by atoms with E-state index in [9.17, 15) is 14.4 Å². The molecule has 0 unspecified atom stereocenters. The smallest absolute Gasteiger partial charge is 0.332 e. The van der Waals surface area contributed by atoms with Crippen LogP contribution in [0.15, 0.2) is 85.4 Å². The summed E-state index contributed by atoms with van der Waals surface area (Å²) in [5.41, 5.74) is 1.57. The molecule has 188 valence electrons. The lowest BCUT2D eigenvalue weighted by Gasteiger charge is -2.27. The molecule has 6 rings (SSSR count). The number of rotatable bonds is 6. The van der Waals surface area contributed by atoms with Gasteiger partial charge in [0.2, 0.25) is 5.91 Å². The van der Waals surface area contributed by atoms with Crippen LogP contribution >= 0.6 is 11.3 Å². The highest BCUT2D eigenvalue weighted by molar-refractivity contribution is 7.21. The van der Waals surface area contributed by atoms with Crippen molar-refractivity contribution >= 4 is 56.6 Å². The molecular formula is C27H20N6O4S. The highest BCUT2D eigenvalue weighted by atomic mass is 32.1. The van der Waals surface area contributed by atoms with Crippen molar-refractivity contribution in [1.29, 1.82) is 0 Å². The summed E-state index contributed by atoms with van der Waals surface area (Å²) in [7, 11) is 0. The number of pyridine rings is 2. The number of carbonyl (C=O) groups excluding carboxylic acids is 3. The van der Waals surface area contributed by atoms with Crippen LogP contribution in [0.1, 0.15) is 9.67 Å². The Bertz CT molecular complexity index is 1630. The molecule has 0 atom stereocenters. The van der Waals surface area contributed by atoms with Gasteiger partial charge >= 0.3 is 6.03 Å². The number of hydrogen-bond donors (Lipinski definition) is 2. The van der Waals surface area contributed by atoms with E-state index in [1.54, 1.807) is 41.6 Å². The maximum absolute atomic E-state index is 13.3. The number of thiophene rings is 1. The molecule has 2 aliphatic rings. The SMILES string of the molecule is C=CC(=O)N1CC=C(NC(=O)c2sc3nccc4c3c2NC(=O)N4c2ccc(Oc3ccccc3)cn2)C1. The number of benzene rings is 1. The van der Waals surface area contributed by atoms with Crippen LogP contribution in [0.5, 0.6) is 11.5 Å². The summed E-state index contributed by atoms with van der Waals surface area (Å²) in [5, 5.41) is 6.35. The van der Waals surface area contributed by atoms with E-state index in [2.05, 4.69) is 27.2 Å². The van der Waals surface area contributed by atoms with E-state index < -0.39 is 6.03 Å². The van der Waals surface area contributed by atoms with Gasteiger partial charge in [0.25, 0.3) is 5.91 Å². The molecule has 2 N–H and O–H groups in total. The fourth-order valence-electron chi connectivity index (χ4n) is 4.31. The number of nitrogens with one attached hydrogen (secondary N) is 2. The maximum atomic E-state index is 13.3. The van der Waals surface area contributed by atoms with Gasteiger partial charge in [-0.3, -0.25) is 9.59 Å². The summed E-state index contributed by atoms with van der Waals surface area (Å²) >= 11 is 1.18. The van der Waals surface area contributed by atoms with Gasteiger partial charge < -0.3 is 20.3 Å². The van der Waals surface area contributed by atoms with Gasteiger partial charge in [0, 0.05) is 18.4 Å². The van der Waals surface area contributed by atoms with Crippen molar-refractivity contribution in [3.8, 4) is 11.5 Å². The predicted octanol–water partition coefficient (Wildman–Crippen LogP) is 4.81. The van der Waals surface area contributed by atoms with Gasteiger partial charge in [-0.25, -0.2) is 19.7 Å². The van der Waals surface area contributed by atoms with E-state index in [0.717, 1.165) is 0 Å². The average Bonchev–Trinajstić information content (AvgIpc) is 3.55. The quantitative estimate of drug-likeness (QED) is 0.350. The number of amides is 4. The summed E-state index contributed by atoms with van der Waals surface area (Å²) in [4.78, 5) is 51.1. The van der Waals surface area contributed by atoms with Crippen molar-refractivity contribution in [1.82, 2.24) is 20.2 Å². The zero-order valence-corrected chi connectivity index (χ0v) is 20.7. The van der Waals surface area contributed by atoms with E-state index in [4.69, 9.17) is 4.74 Å². The number of para-hydroxylation sites is 1.